The number of hydrogen-bond acceptors (Lipinski definition) is 4. The molecule has 1 N–H and O–H groups in total. The van der Waals surface area contributed by atoms with Gasteiger partial charge in [0.05, 0.1) is 6.04 Å². The summed E-state index contributed by atoms with van der Waals surface area (Å²) in [4.78, 5) is 35.6. The molecule has 2 aromatic heterocycles. The average Bonchev–Trinajstić information content (AvgIpc) is 3.29. The molecular weight excluding hydrogens is 433 g/mol. The molecule has 0 fully saturated rings. The first kappa shape index (κ1) is 22.0. The minimum Gasteiger partial charge on any atom is -0.351 e. The molecule has 0 saturated carbocycles. The van der Waals surface area contributed by atoms with Gasteiger partial charge >= 0.3 is 0 Å². The highest BCUT2D eigenvalue weighted by molar-refractivity contribution is 6.29. The zero-order valence-corrected chi connectivity index (χ0v) is 18.3. The molecule has 166 valence electrons. The Morgan fingerprint density at radius 2 is 2.06 bits per heavy atom. The summed E-state index contributed by atoms with van der Waals surface area (Å²) >= 11 is 5.79. The minimum atomic E-state index is -0.738. The smallest absolute Gasteiger partial charge is 0.290 e. The first-order chi connectivity index (χ1) is 15.5. The van der Waals surface area contributed by atoms with E-state index in [1.54, 1.807) is 17.3 Å². The van der Waals surface area contributed by atoms with Gasteiger partial charge in [0.1, 0.15) is 5.15 Å². The van der Waals surface area contributed by atoms with Crippen LogP contribution >= 0.6 is 11.6 Å². The van der Waals surface area contributed by atoms with Crippen molar-refractivity contribution in [2.75, 3.05) is 13.1 Å². The Balaban J connectivity index is 1.53. The third kappa shape index (κ3) is 4.36. The fourth-order valence-corrected chi connectivity index (χ4v) is 4.23. The summed E-state index contributed by atoms with van der Waals surface area (Å²) in [6.45, 7) is 3.39. The molecule has 0 saturated heterocycles. The van der Waals surface area contributed by atoms with Crippen LogP contribution in [-0.2, 0) is 13.0 Å². The lowest BCUT2D eigenvalue weighted by Crippen LogP contribution is -2.42. The maximum atomic E-state index is 14.0. The topological polar surface area (TPSA) is 80.1 Å². The van der Waals surface area contributed by atoms with Gasteiger partial charge in [0.25, 0.3) is 11.8 Å². The second-order valence-corrected chi connectivity index (χ2v) is 7.90. The summed E-state index contributed by atoms with van der Waals surface area (Å²) in [5.41, 5.74) is 1.87. The van der Waals surface area contributed by atoms with Gasteiger partial charge in [-0.15, -0.1) is 0 Å². The van der Waals surface area contributed by atoms with E-state index in [-0.39, 0.29) is 29.3 Å². The van der Waals surface area contributed by atoms with E-state index in [4.69, 9.17) is 11.6 Å². The first-order valence-electron chi connectivity index (χ1n) is 10.5. The van der Waals surface area contributed by atoms with E-state index in [9.17, 15) is 14.0 Å². The number of carbonyl (C=O) groups excluding carboxylic acids is 2. The molecule has 0 radical (unpaired) electrons. The van der Waals surface area contributed by atoms with Gasteiger partial charge in [-0.1, -0.05) is 35.9 Å². The Hall–Kier alpha value is -3.26. The summed E-state index contributed by atoms with van der Waals surface area (Å²) in [5.74, 6) is -1.14. The molecule has 0 spiro atoms. The quantitative estimate of drug-likeness (QED) is 0.575. The second kappa shape index (κ2) is 9.48. The summed E-state index contributed by atoms with van der Waals surface area (Å²) in [7, 11) is 0. The van der Waals surface area contributed by atoms with Crippen molar-refractivity contribution in [2.24, 2.45) is 0 Å². The fourth-order valence-electron chi connectivity index (χ4n) is 4.08. The van der Waals surface area contributed by atoms with Gasteiger partial charge in [-0.2, -0.15) is 0 Å². The van der Waals surface area contributed by atoms with Crippen molar-refractivity contribution >= 4 is 23.4 Å². The maximum absolute atomic E-state index is 14.0. The van der Waals surface area contributed by atoms with Gasteiger partial charge in [0, 0.05) is 32.0 Å². The molecule has 1 aliphatic heterocycles. The Morgan fingerprint density at radius 3 is 2.88 bits per heavy atom. The molecule has 9 heteroatoms. The molecule has 1 aromatic carbocycles. The zero-order chi connectivity index (χ0) is 22.7. The number of imidazole rings is 1. The number of halogens is 2. The number of fused-ring (bicyclic) bond motifs is 1. The number of carbonyl (C=O) groups is 2. The van der Waals surface area contributed by atoms with Gasteiger partial charge in [-0.25, -0.2) is 14.4 Å². The highest BCUT2D eigenvalue weighted by Crippen LogP contribution is 2.33. The number of pyridine rings is 1. The molecule has 0 aliphatic carbocycles. The molecular formula is C23H23ClFN5O2. The van der Waals surface area contributed by atoms with Crippen molar-refractivity contribution in [1.82, 2.24) is 24.8 Å². The number of nitrogens with zero attached hydrogens (tertiary/aromatic N) is 4. The maximum Gasteiger partial charge on any atom is 0.290 e. The predicted molar refractivity (Wildman–Crippen MR) is 118 cm³/mol. The standard InChI is InChI=1S/C23H23ClFN5O2/c1-2-29-14-12-26-21(29)23(32)30-13-10-15-5-3-4-6-16(15)18(30)9-11-27-22(31)20-17(25)7-8-19(24)28-20/h3-8,12,14,18H,2,9-11,13H2,1H3,(H,27,31). The summed E-state index contributed by atoms with van der Waals surface area (Å²) in [5, 5.41) is 2.75. The summed E-state index contributed by atoms with van der Waals surface area (Å²) < 4.78 is 15.8. The van der Waals surface area contributed by atoms with Crippen LogP contribution in [0.1, 0.15) is 51.6 Å². The SMILES string of the molecule is CCn1ccnc1C(=O)N1CCc2ccccc2C1CCNC(=O)c1nc(Cl)ccc1F. The van der Waals surface area contributed by atoms with Crippen LogP contribution in [0.3, 0.4) is 0 Å². The highest BCUT2D eigenvalue weighted by atomic mass is 35.5. The van der Waals surface area contributed by atoms with Gasteiger partial charge in [0.15, 0.2) is 17.3 Å². The number of aromatic nitrogens is 3. The zero-order valence-electron chi connectivity index (χ0n) is 17.6. The highest BCUT2D eigenvalue weighted by Gasteiger charge is 2.32. The Morgan fingerprint density at radius 1 is 1.25 bits per heavy atom. The van der Waals surface area contributed by atoms with Crippen molar-refractivity contribution in [2.45, 2.75) is 32.4 Å². The average molecular weight is 456 g/mol. The van der Waals surface area contributed by atoms with Crippen LogP contribution in [0.25, 0.3) is 0 Å². The number of hydrogen-bond donors (Lipinski definition) is 1. The second-order valence-electron chi connectivity index (χ2n) is 7.51. The van der Waals surface area contributed by atoms with E-state index in [1.807, 2.05) is 29.7 Å². The normalized spacial score (nSPS) is 15.3. The molecule has 2 amide bonds. The molecule has 3 heterocycles. The van der Waals surface area contributed by atoms with E-state index in [0.717, 1.165) is 18.1 Å². The fraction of sp³-hybridized carbons (Fsp3) is 0.304. The van der Waals surface area contributed by atoms with E-state index < -0.39 is 11.7 Å². The molecule has 0 bridgehead atoms. The molecule has 4 rings (SSSR count). The Kier molecular flexibility index (Phi) is 6.50. The number of aryl methyl sites for hydroxylation is 1. The molecule has 32 heavy (non-hydrogen) atoms. The number of benzene rings is 1. The van der Waals surface area contributed by atoms with Gasteiger partial charge in [-0.3, -0.25) is 9.59 Å². The number of rotatable bonds is 6. The third-order valence-electron chi connectivity index (χ3n) is 5.65. The first-order valence-corrected chi connectivity index (χ1v) is 10.9. The lowest BCUT2D eigenvalue weighted by molar-refractivity contribution is 0.0632. The van der Waals surface area contributed by atoms with Gasteiger partial charge in [0.2, 0.25) is 0 Å². The van der Waals surface area contributed by atoms with E-state index >= 15 is 0 Å². The predicted octanol–water partition coefficient (Wildman–Crippen LogP) is 3.65. The van der Waals surface area contributed by atoms with Crippen LogP contribution in [0.2, 0.25) is 5.15 Å². The van der Waals surface area contributed by atoms with Crippen molar-refractivity contribution < 1.29 is 14.0 Å². The van der Waals surface area contributed by atoms with Crippen molar-refractivity contribution in [1.29, 1.82) is 0 Å². The van der Waals surface area contributed by atoms with Crippen LogP contribution in [-0.4, -0.2) is 44.3 Å². The lowest BCUT2D eigenvalue weighted by Gasteiger charge is -2.37. The van der Waals surface area contributed by atoms with Crippen LogP contribution < -0.4 is 5.32 Å². The summed E-state index contributed by atoms with van der Waals surface area (Å²) in [6.07, 6.45) is 4.61. The van der Waals surface area contributed by atoms with Gasteiger partial charge < -0.3 is 14.8 Å². The lowest BCUT2D eigenvalue weighted by atomic mass is 9.90. The Labute approximate surface area is 190 Å². The molecule has 7 nitrogen and oxygen atoms in total. The van der Waals surface area contributed by atoms with Crippen LogP contribution in [0.4, 0.5) is 4.39 Å². The van der Waals surface area contributed by atoms with Crippen molar-refractivity contribution in [3.63, 3.8) is 0 Å². The molecule has 1 unspecified atom stereocenters. The molecule has 1 atom stereocenters. The van der Waals surface area contributed by atoms with Crippen molar-refractivity contribution in [3.05, 3.63) is 82.4 Å². The summed E-state index contributed by atoms with van der Waals surface area (Å²) in [6, 6.07) is 10.1. The van der Waals surface area contributed by atoms with Crippen LogP contribution in [0.5, 0.6) is 0 Å². The van der Waals surface area contributed by atoms with Gasteiger partial charge in [-0.05, 0) is 43.0 Å². The Bertz CT molecular complexity index is 1150. The van der Waals surface area contributed by atoms with E-state index in [2.05, 4.69) is 21.4 Å². The van der Waals surface area contributed by atoms with E-state index in [1.165, 1.54) is 11.6 Å². The third-order valence-corrected chi connectivity index (χ3v) is 5.86. The molecule has 3 aromatic rings. The van der Waals surface area contributed by atoms with E-state index in [0.29, 0.717) is 25.3 Å². The number of amides is 2. The molecule has 1 aliphatic rings. The monoisotopic (exact) mass is 455 g/mol. The minimum absolute atomic E-state index is 0.0426. The number of nitrogens with one attached hydrogen (secondary N) is 1. The van der Waals surface area contributed by atoms with Crippen molar-refractivity contribution in [3.8, 4) is 0 Å². The van der Waals surface area contributed by atoms with Crippen LogP contribution in [0, 0.1) is 5.82 Å². The largest absolute Gasteiger partial charge is 0.351 e. The van der Waals surface area contributed by atoms with Crippen LogP contribution in [0.15, 0.2) is 48.8 Å².